The van der Waals surface area contributed by atoms with Gasteiger partial charge in [-0.15, -0.1) is 0 Å². The lowest BCUT2D eigenvalue weighted by molar-refractivity contribution is 0.0527. The van der Waals surface area contributed by atoms with Crippen LogP contribution in [0, 0.1) is 5.92 Å². The molecular weight excluding hydrogens is 262 g/mol. The van der Waals surface area contributed by atoms with E-state index < -0.39 is 0 Å². The molecule has 1 aliphatic heterocycles. The first-order valence-electron chi connectivity index (χ1n) is 7.88. The Bertz CT molecular complexity index is 459. The molecule has 1 fully saturated rings. The largest absolute Gasteiger partial charge is 0.481 e. The lowest BCUT2D eigenvalue weighted by Gasteiger charge is -2.46. The van der Waals surface area contributed by atoms with Crippen molar-refractivity contribution in [3.63, 3.8) is 0 Å². The second-order valence-corrected chi connectivity index (χ2v) is 7.07. The summed E-state index contributed by atoms with van der Waals surface area (Å²) in [6, 6.07) is 4.67. The molecule has 1 aromatic rings. The standard InChI is InChI=1S/C17H29N3O/c1-13(2)9-15-11-20(17(3,4)12-19-15)10-14-7-6-8-18-16(14)21-5/h6-8,13,15,19H,9-12H2,1-5H3. The number of hydrogen-bond donors (Lipinski definition) is 1. The molecule has 118 valence electrons. The van der Waals surface area contributed by atoms with Gasteiger partial charge in [-0.2, -0.15) is 0 Å². The molecule has 1 unspecified atom stereocenters. The van der Waals surface area contributed by atoms with Gasteiger partial charge in [0, 0.05) is 43.0 Å². The fourth-order valence-corrected chi connectivity index (χ4v) is 3.02. The number of nitrogens with one attached hydrogen (secondary N) is 1. The second-order valence-electron chi connectivity index (χ2n) is 7.07. The van der Waals surface area contributed by atoms with E-state index in [9.17, 15) is 0 Å². The lowest BCUT2D eigenvalue weighted by atomic mass is 9.93. The number of hydrogen-bond acceptors (Lipinski definition) is 4. The predicted octanol–water partition coefficient (Wildman–Crippen LogP) is 2.69. The third-order valence-corrected chi connectivity index (χ3v) is 4.28. The molecule has 2 rings (SSSR count). The van der Waals surface area contributed by atoms with Crippen molar-refractivity contribution >= 4 is 0 Å². The quantitative estimate of drug-likeness (QED) is 0.905. The minimum absolute atomic E-state index is 0.147. The highest BCUT2D eigenvalue weighted by Gasteiger charge is 2.34. The van der Waals surface area contributed by atoms with Crippen molar-refractivity contribution in [2.24, 2.45) is 5.92 Å². The Morgan fingerprint density at radius 1 is 1.48 bits per heavy atom. The molecule has 4 heteroatoms. The zero-order valence-corrected chi connectivity index (χ0v) is 14.0. The summed E-state index contributed by atoms with van der Waals surface area (Å²) >= 11 is 0. The maximum absolute atomic E-state index is 5.39. The molecule has 0 aromatic carbocycles. The minimum atomic E-state index is 0.147. The smallest absolute Gasteiger partial charge is 0.217 e. The number of ether oxygens (including phenoxy) is 1. The van der Waals surface area contributed by atoms with E-state index in [2.05, 4.69) is 49.0 Å². The van der Waals surface area contributed by atoms with Gasteiger partial charge in [0.15, 0.2) is 0 Å². The van der Waals surface area contributed by atoms with E-state index in [0.29, 0.717) is 6.04 Å². The SMILES string of the molecule is COc1ncccc1CN1CC(CC(C)C)NCC1(C)C. The Morgan fingerprint density at radius 3 is 2.90 bits per heavy atom. The van der Waals surface area contributed by atoms with E-state index in [1.165, 1.54) is 12.0 Å². The Hall–Kier alpha value is -1.13. The molecule has 1 aromatic heterocycles. The summed E-state index contributed by atoms with van der Waals surface area (Å²) in [6.45, 7) is 12.2. The topological polar surface area (TPSA) is 37.4 Å². The van der Waals surface area contributed by atoms with Gasteiger partial charge in [-0.05, 0) is 32.3 Å². The second kappa shape index (κ2) is 6.75. The fraction of sp³-hybridized carbons (Fsp3) is 0.706. The molecule has 21 heavy (non-hydrogen) atoms. The summed E-state index contributed by atoms with van der Waals surface area (Å²) in [6.07, 6.45) is 3.00. The first kappa shape index (κ1) is 16.2. The van der Waals surface area contributed by atoms with E-state index in [0.717, 1.165) is 31.4 Å². The van der Waals surface area contributed by atoms with Crippen LogP contribution in [0.25, 0.3) is 0 Å². The molecule has 4 nitrogen and oxygen atoms in total. The van der Waals surface area contributed by atoms with Gasteiger partial charge in [0.2, 0.25) is 5.88 Å². The molecule has 2 heterocycles. The van der Waals surface area contributed by atoms with Crippen molar-refractivity contribution in [2.45, 2.75) is 52.2 Å². The molecule has 1 saturated heterocycles. The van der Waals surface area contributed by atoms with Crippen LogP contribution in [0.5, 0.6) is 5.88 Å². The molecular formula is C17H29N3O. The Labute approximate surface area is 128 Å². The van der Waals surface area contributed by atoms with Gasteiger partial charge in [-0.1, -0.05) is 19.9 Å². The van der Waals surface area contributed by atoms with Crippen molar-refractivity contribution in [1.29, 1.82) is 0 Å². The monoisotopic (exact) mass is 291 g/mol. The van der Waals surface area contributed by atoms with Crippen LogP contribution < -0.4 is 10.1 Å². The third-order valence-electron chi connectivity index (χ3n) is 4.28. The van der Waals surface area contributed by atoms with Gasteiger partial charge in [0.25, 0.3) is 0 Å². The summed E-state index contributed by atoms with van der Waals surface area (Å²) < 4.78 is 5.39. The number of aromatic nitrogens is 1. The number of piperazine rings is 1. The molecule has 0 saturated carbocycles. The van der Waals surface area contributed by atoms with E-state index in [1.54, 1.807) is 13.3 Å². The average molecular weight is 291 g/mol. The molecule has 0 aliphatic carbocycles. The molecule has 0 bridgehead atoms. The highest BCUT2D eigenvalue weighted by atomic mass is 16.5. The molecule has 1 atom stereocenters. The van der Waals surface area contributed by atoms with Gasteiger partial charge in [0.05, 0.1) is 7.11 Å². The van der Waals surface area contributed by atoms with Crippen LogP contribution in [0.1, 0.15) is 39.7 Å². The Morgan fingerprint density at radius 2 is 2.24 bits per heavy atom. The van der Waals surface area contributed by atoms with Gasteiger partial charge in [0.1, 0.15) is 0 Å². The minimum Gasteiger partial charge on any atom is -0.481 e. The summed E-state index contributed by atoms with van der Waals surface area (Å²) in [5, 5.41) is 3.70. The number of rotatable bonds is 5. The highest BCUT2D eigenvalue weighted by molar-refractivity contribution is 5.25. The normalized spacial score (nSPS) is 22.5. The zero-order valence-electron chi connectivity index (χ0n) is 14.0. The Balaban J connectivity index is 2.11. The van der Waals surface area contributed by atoms with Crippen LogP contribution in [0.15, 0.2) is 18.3 Å². The predicted molar refractivity (Wildman–Crippen MR) is 86.5 cm³/mol. The van der Waals surface area contributed by atoms with Crippen LogP contribution in [0.2, 0.25) is 0 Å². The van der Waals surface area contributed by atoms with Gasteiger partial charge < -0.3 is 10.1 Å². The molecule has 1 N–H and O–H groups in total. The zero-order chi connectivity index (χ0) is 15.5. The van der Waals surface area contributed by atoms with E-state index in [-0.39, 0.29) is 5.54 Å². The molecule has 0 spiro atoms. The van der Waals surface area contributed by atoms with E-state index in [1.807, 2.05) is 6.07 Å². The highest BCUT2D eigenvalue weighted by Crippen LogP contribution is 2.26. The number of methoxy groups -OCH3 is 1. The molecule has 0 amide bonds. The Kier molecular flexibility index (Phi) is 5.22. The fourth-order valence-electron chi connectivity index (χ4n) is 3.02. The van der Waals surface area contributed by atoms with E-state index in [4.69, 9.17) is 4.74 Å². The van der Waals surface area contributed by atoms with Gasteiger partial charge in [-0.25, -0.2) is 4.98 Å². The third kappa shape index (κ3) is 4.17. The first-order chi connectivity index (χ1) is 9.92. The summed E-state index contributed by atoms with van der Waals surface area (Å²) in [7, 11) is 1.69. The van der Waals surface area contributed by atoms with Crippen LogP contribution >= 0.6 is 0 Å². The molecule has 1 aliphatic rings. The van der Waals surface area contributed by atoms with Crippen molar-refractivity contribution in [3.8, 4) is 5.88 Å². The van der Waals surface area contributed by atoms with Crippen molar-refractivity contribution in [1.82, 2.24) is 15.2 Å². The maximum atomic E-state index is 5.39. The maximum Gasteiger partial charge on any atom is 0.217 e. The average Bonchev–Trinajstić information content (AvgIpc) is 2.43. The summed E-state index contributed by atoms with van der Waals surface area (Å²) in [5.74, 6) is 1.46. The van der Waals surface area contributed by atoms with Crippen molar-refractivity contribution in [3.05, 3.63) is 23.9 Å². The summed E-state index contributed by atoms with van der Waals surface area (Å²) in [5.41, 5.74) is 1.31. The van der Waals surface area contributed by atoms with Gasteiger partial charge in [-0.3, -0.25) is 4.90 Å². The lowest BCUT2D eigenvalue weighted by Crippen LogP contribution is -2.61. The van der Waals surface area contributed by atoms with Crippen LogP contribution in [-0.4, -0.2) is 41.7 Å². The summed E-state index contributed by atoms with van der Waals surface area (Å²) in [4.78, 5) is 6.86. The van der Waals surface area contributed by atoms with E-state index >= 15 is 0 Å². The molecule has 0 radical (unpaired) electrons. The van der Waals surface area contributed by atoms with Crippen LogP contribution in [0.3, 0.4) is 0 Å². The van der Waals surface area contributed by atoms with Crippen molar-refractivity contribution in [2.75, 3.05) is 20.2 Å². The van der Waals surface area contributed by atoms with Crippen LogP contribution in [0.4, 0.5) is 0 Å². The number of nitrogens with zero attached hydrogens (tertiary/aromatic N) is 2. The number of pyridine rings is 1. The first-order valence-corrected chi connectivity index (χ1v) is 7.88. The van der Waals surface area contributed by atoms with Crippen molar-refractivity contribution < 1.29 is 4.74 Å². The van der Waals surface area contributed by atoms with Crippen LogP contribution in [-0.2, 0) is 6.54 Å². The van der Waals surface area contributed by atoms with Gasteiger partial charge >= 0.3 is 0 Å².